The van der Waals surface area contributed by atoms with Crippen LogP contribution < -0.4 is 15.1 Å². The third-order valence-electron chi connectivity index (χ3n) is 11.6. The molecule has 0 bridgehead atoms. The van der Waals surface area contributed by atoms with Crippen molar-refractivity contribution in [3.8, 4) is 16.8 Å². The molecule has 12 rings (SSSR count). The fourth-order valence-corrected chi connectivity index (χ4v) is 11.4. The van der Waals surface area contributed by atoms with E-state index in [2.05, 4.69) is 180 Å². The summed E-state index contributed by atoms with van der Waals surface area (Å²) in [6.07, 6.45) is 5.55. The molecule has 0 fully saturated rings. The lowest BCUT2D eigenvalue weighted by Crippen LogP contribution is -2.39. The van der Waals surface area contributed by atoms with Gasteiger partial charge in [0.05, 0.1) is 16.7 Å². The van der Waals surface area contributed by atoms with Crippen molar-refractivity contribution in [2.45, 2.75) is 12.6 Å². The van der Waals surface area contributed by atoms with Gasteiger partial charge in [0.1, 0.15) is 12.0 Å². The van der Waals surface area contributed by atoms with Crippen LogP contribution in [0.1, 0.15) is 23.7 Å². The number of thiophene rings is 2. The van der Waals surface area contributed by atoms with E-state index in [1.807, 2.05) is 28.7 Å². The standard InChI is InChI=1S/C51H34N4S2/c1-3-14-31(15-4-1)49-52-50(32-16-5-2-6-17-32)54-51(53-49)33-28-29-43-39(30-33)46-36(20-12-26-44(46)56-43)37-21-11-22-38-47-42(25-13-27-45(47)57-48(37)38)55-40-23-9-7-18-34(40)35-19-8-10-24-41(35)55/h1-27,29-30,33,49H,28H2,(H,52,53,54). The first-order chi connectivity index (χ1) is 28.3. The Morgan fingerprint density at radius 2 is 1.23 bits per heavy atom. The maximum atomic E-state index is 5.21. The molecule has 0 spiro atoms. The Morgan fingerprint density at radius 1 is 0.579 bits per heavy atom. The number of nitrogens with zero attached hydrogens (tertiary/aromatic N) is 3. The van der Waals surface area contributed by atoms with Crippen LogP contribution >= 0.6 is 22.7 Å². The fraction of sp³-hybridized carbons (Fsp3) is 0.0588. The van der Waals surface area contributed by atoms with Gasteiger partial charge in [0.25, 0.3) is 0 Å². The number of hydrogen-bond acceptors (Lipinski definition) is 5. The molecule has 2 aliphatic rings. The number of benzene rings is 7. The van der Waals surface area contributed by atoms with Gasteiger partial charge in [-0.2, -0.15) is 0 Å². The van der Waals surface area contributed by atoms with Crippen molar-refractivity contribution in [1.29, 1.82) is 0 Å². The number of hydrogen-bond donors (Lipinski definition) is 1. The van der Waals surface area contributed by atoms with Gasteiger partial charge in [-0.15, -0.1) is 22.7 Å². The zero-order chi connectivity index (χ0) is 37.5. The normalized spacial score (nSPS) is 16.6. The van der Waals surface area contributed by atoms with Crippen molar-refractivity contribution in [2.75, 3.05) is 0 Å². The second-order valence-electron chi connectivity index (χ2n) is 14.8. The molecule has 0 radical (unpaired) electrons. The maximum absolute atomic E-state index is 5.21. The Morgan fingerprint density at radius 3 is 2.02 bits per heavy atom. The molecule has 4 heterocycles. The quantitative estimate of drug-likeness (QED) is 0.186. The maximum Gasteiger partial charge on any atom is 0.159 e. The Balaban J connectivity index is 1.03. The van der Waals surface area contributed by atoms with Gasteiger partial charge in [0.2, 0.25) is 0 Å². The summed E-state index contributed by atoms with van der Waals surface area (Å²) >= 11 is 3.80. The first-order valence-electron chi connectivity index (χ1n) is 19.5. The number of nitrogens with one attached hydrogen (secondary N) is 1. The first-order valence-corrected chi connectivity index (χ1v) is 21.1. The van der Waals surface area contributed by atoms with Gasteiger partial charge >= 0.3 is 0 Å². The molecule has 2 unspecified atom stereocenters. The number of aliphatic imine (C=N–C) groups is 2. The minimum absolute atomic E-state index is 0.0812. The Hall–Kier alpha value is -6.60. The molecule has 2 atom stereocenters. The van der Waals surface area contributed by atoms with Gasteiger partial charge in [0, 0.05) is 62.6 Å². The second kappa shape index (κ2) is 13.0. The zero-order valence-electron chi connectivity index (χ0n) is 30.8. The summed E-state index contributed by atoms with van der Waals surface area (Å²) in [5.41, 5.74) is 8.38. The predicted octanol–water partition coefficient (Wildman–Crippen LogP) is 11.8. The third kappa shape index (κ3) is 5.18. The molecule has 0 saturated heterocycles. The zero-order valence-corrected chi connectivity index (χ0v) is 32.4. The van der Waals surface area contributed by atoms with Gasteiger partial charge in [-0.1, -0.05) is 146 Å². The summed E-state index contributed by atoms with van der Waals surface area (Å²) in [7, 11) is 0. The van der Waals surface area contributed by atoms with Crippen LogP contribution in [-0.2, 0) is 0 Å². The highest BCUT2D eigenvalue weighted by Gasteiger charge is 2.26. The van der Waals surface area contributed by atoms with Crippen molar-refractivity contribution >= 4 is 98.6 Å². The van der Waals surface area contributed by atoms with Crippen molar-refractivity contribution in [1.82, 2.24) is 9.88 Å². The molecular weight excluding hydrogens is 733 g/mol. The molecule has 6 heteroatoms. The lowest BCUT2D eigenvalue weighted by atomic mass is 9.93. The van der Waals surface area contributed by atoms with Gasteiger partial charge in [-0.25, -0.2) is 9.98 Å². The molecule has 7 aromatic carbocycles. The van der Waals surface area contributed by atoms with E-state index in [1.54, 1.807) is 0 Å². The van der Waals surface area contributed by atoms with Crippen LogP contribution in [-0.4, -0.2) is 16.2 Å². The molecule has 57 heavy (non-hydrogen) atoms. The molecule has 3 aromatic heterocycles. The van der Waals surface area contributed by atoms with Crippen molar-refractivity contribution in [3.63, 3.8) is 0 Å². The van der Waals surface area contributed by atoms with Crippen molar-refractivity contribution < 1.29 is 0 Å². The average molecular weight is 767 g/mol. The van der Waals surface area contributed by atoms with Crippen LogP contribution in [0.2, 0.25) is 0 Å². The summed E-state index contributed by atoms with van der Waals surface area (Å²) in [5, 5.41) is 11.5. The van der Waals surface area contributed by atoms with E-state index in [4.69, 9.17) is 9.98 Å². The summed E-state index contributed by atoms with van der Waals surface area (Å²) in [6, 6.07) is 58.9. The highest BCUT2D eigenvalue weighted by atomic mass is 32.1. The number of para-hydroxylation sites is 2. The van der Waals surface area contributed by atoms with E-state index in [9.17, 15) is 0 Å². The highest BCUT2D eigenvalue weighted by Crippen LogP contribution is 2.45. The van der Waals surface area contributed by atoms with Gasteiger partial charge in [-0.3, -0.25) is 0 Å². The Labute approximate surface area is 336 Å². The molecule has 4 nitrogen and oxygen atoms in total. The van der Waals surface area contributed by atoms with Crippen LogP contribution in [0.3, 0.4) is 0 Å². The van der Waals surface area contributed by atoms with E-state index in [0.29, 0.717) is 0 Å². The van der Waals surface area contributed by atoms with E-state index in [-0.39, 0.29) is 12.1 Å². The third-order valence-corrected chi connectivity index (χ3v) is 13.9. The molecule has 1 N–H and O–H groups in total. The van der Waals surface area contributed by atoms with Crippen LogP contribution in [0.4, 0.5) is 0 Å². The first kappa shape index (κ1) is 32.6. The average Bonchev–Trinajstić information content (AvgIpc) is 3.96. The van der Waals surface area contributed by atoms with E-state index < -0.39 is 0 Å². The van der Waals surface area contributed by atoms with E-state index in [0.717, 1.165) is 29.2 Å². The topological polar surface area (TPSA) is 41.7 Å². The number of amidine groups is 2. The van der Waals surface area contributed by atoms with Gasteiger partial charge in [-0.05, 0) is 53.1 Å². The molecule has 0 saturated carbocycles. The predicted molar refractivity (Wildman–Crippen MR) is 244 cm³/mol. The summed E-state index contributed by atoms with van der Waals surface area (Å²) < 4.78 is 7.71. The lowest BCUT2D eigenvalue weighted by Gasteiger charge is -2.27. The largest absolute Gasteiger partial charge is 0.348 e. The van der Waals surface area contributed by atoms with Crippen LogP contribution in [0.15, 0.2) is 174 Å². The van der Waals surface area contributed by atoms with Gasteiger partial charge in [0.15, 0.2) is 5.84 Å². The van der Waals surface area contributed by atoms with Gasteiger partial charge < -0.3 is 9.88 Å². The number of fused-ring (bicyclic) bond motifs is 9. The lowest BCUT2D eigenvalue weighted by molar-refractivity contribution is 0.650. The molecule has 0 amide bonds. The SMILES string of the molecule is C1=c2sc3cccc(-c4cccc5c4sc4cccc(-n6c7ccccc7c7ccccc76)c45)c3c2=CC(C2=NC(c3ccccc3)=NC(c3ccccc3)N2)C1. The van der Waals surface area contributed by atoms with E-state index >= 15 is 0 Å². The Kier molecular flexibility index (Phi) is 7.43. The Bertz CT molecular complexity index is 3370. The number of rotatable bonds is 5. The summed E-state index contributed by atoms with van der Waals surface area (Å²) in [4.78, 5) is 10.3. The fourth-order valence-electron chi connectivity index (χ4n) is 9.01. The molecule has 270 valence electrons. The highest BCUT2D eigenvalue weighted by molar-refractivity contribution is 7.26. The molecule has 10 aromatic rings. The van der Waals surface area contributed by atoms with E-state index in [1.165, 1.54) is 78.6 Å². The van der Waals surface area contributed by atoms with Crippen LogP contribution in [0, 0.1) is 5.92 Å². The minimum atomic E-state index is -0.212. The van der Waals surface area contributed by atoms with Crippen molar-refractivity contribution in [3.05, 3.63) is 185 Å². The molecule has 1 aliphatic carbocycles. The molecular formula is C51H34N4S2. The van der Waals surface area contributed by atoms with Crippen LogP contribution in [0.5, 0.6) is 0 Å². The minimum Gasteiger partial charge on any atom is -0.348 e. The summed E-state index contributed by atoms with van der Waals surface area (Å²) in [6.45, 7) is 0. The van der Waals surface area contributed by atoms with Crippen molar-refractivity contribution in [2.24, 2.45) is 15.9 Å². The monoisotopic (exact) mass is 766 g/mol. The summed E-state index contributed by atoms with van der Waals surface area (Å²) in [5.74, 6) is 1.81. The smallest absolute Gasteiger partial charge is 0.159 e. The molecule has 1 aliphatic heterocycles. The van der Waals surface area contributed by atoms with Crippen LogP contribution in [0.25, 0.3) is 81.0 Å². The second-order valence-corrected chi connectivity index (χ2v) is 17.0. The number of aromatic nitrogens is 1.